The van der Waals surface area contributed by atoms with Crippen LogP contribution in [0.15, 0.2) is 30.3 Å². The van der Waals surface area contributed by atoms with Crippen molar-refractivity contribution in [2.75, 3.05) is 11.9 Å². The molecule has 100 valence electrons. The van der Waals surface area contributed by atoms with E-state index < -0.39 is 0 Å². The molecule has 0 saturated heterocycles. The number of aromatic nitrogens is 1. The summed E-state index contributed by atoms with van der Waals surface area (Å²) in [6, 6.07) is 10.3. The molecule has 0 atom stereocenters. The van der Waals surface area contributed by atoms with E-state index in [0.29, 0.717) is 10.0 Å². The van der Waals surface area contributed by atoms with Gasteiger partial charge < -0.3 is 5.32 Å². The Labute approximate surface area is 123 Å². The monoisotopic (exact) mass is 294 g/mol. The Kier molecular flexibility index (Phi) is 4.67. The van der Waals surface area contributed by atoms with Crippen LogP contribution >= 0.6 is 23.2 Å². The third-order valence-electron chi connectivity index (χ3n) is 2.97. The predicted octanol–water partition coefficient (Wildman–Crippen LogP) is 4.66. The zero-order valence-corrected chi connectivity index (χ0v) is 12.5. The van der Waals surface area contributed by atoms with Gasteiger partial charge in [0.1, 0.15) is 0 Å². The van der Waals surface area contributed by atoms with Crippen molar-refractivity contribution in [2.45, 2.75) is 20.3 Å². The average Bonchev–Trinajstić information content (AvgIpc) is 2.42. The molecule has 0 spiro atoms. The van der Waals surface area contributed by atoms with Crippen LogP contribution in [0, 0.1) is 13.8 Å². The molecule has 0 aliphatic carbocycles. The minimum Gasteiger partial charge on any atom is -0.382 e. The van der Waals surface area contributed by atoms with E-state index in [1.54, 1.807) is 0 Å². The second kappa shape index (κ2) is 6.27. The lowest BCUT2D eigenvalue weighted by Crippen LogP contribution is -2.07. The van der Waals surface area contributed by atoms with Crippen LogP contribution in [0.3, 0.4) is 0 Å². The molecule has 1 N–H and O–H groups in total. The molecule has 0 unspecified atom stereocenters. The molecule has 0 radical (unpaired) electrons. The summed E-state index contributed by atoms with van der Waals surface area (Å²) >= 11 is 12.5. The molecule has 4 heteroatoms. The molecule has 0 amide bonds. The molecule has 0 bridgehead atoms. The highest BCUT2D eigenvalue weighted by molar-refractivity contribution is 6.39. The fraction of sp³-hybridized carbons (Fsp3) is 0.267. The standard InChI is InChI=1S/C15H16Cl2N2/c1-10-13(16)15(14(17)11(2)19-10)18-9-8-12-6-4-3-5-7-12/h3-7H,8-9H2,1-2H3,(H,18,19). The molecule has 19 heavy (non-hydrogen) atoms. The van der Waals surface area contributed by atoms with E-state index in [4.69, 9.17) is 23.2 Å². The van der Waals surface area contributed by atoms with Crippen molar-refractivity contribution in [3.63, 3.8) is 0 Å². The number of aryl methyl sites for hydroxylation is 2. The molecule has 0 aliphatic heterocycles. The molecule has 2 aromatic rings. The normalized spacial score (nSPS) is 10.5. The fourth-order valence-electron chi connectivity index (χ4n) is 1.94. The lowest BCUT2D eigenvalue weighted by Gasteiger charge is -2.13. The maximum Gasteiger partial charge on any atom is 0.0865 e. The van der Waals surface area contributed by atoms with Crippen LogP contribution in [0.2, 0.25) is 10.0 Å². The van der Waals surface area contributed by atoms with E-state index in [1.807, 2.05) is 32.0 Å². The van der Waals surface area contributed by atoms with Gasteiger partial charge in [-0.25, -0.2) is 0 Å². The first-order valence-electron chi connectivity index (χ1n) is 6.19. The van der Waals surface area contributed by atoms with Gasteiger partial charge in [0.2, 0.25) is 0 Å². The number of anilines is 1. The van der Waals surface area contributed by atoms with Gasteiger partial charge in [-0.2, -0.15) is 0 Å². The Morgan fingerprint density at radius 2 is 1.58 bits per heavy atom. The third-order valence-corrected chi connectivity index (χ3v) is 3.89. The van der Waals surface area contributed by atoms with Gasteiger partial charge in [0, 0.05) is 6.54 Å². The van der Waals surface area contributed by atoms with Crippen LogP contribution in [0.5, 0.6) is 0 Å². The van der Waals surface area contributed by atoms with E-state index in [2.05, 4.69) is 22.4 Å². The molecule has 0 fully saturated rings. The number of hydrogen-bond donors (Lipinski definition) is 1. The molecule has 1 aromatic carbocycles. The topological polar surface area (TPSA) is 24.9 Å². The van der Waals surface area contributed by atoms with Crippen LogP contribution < -0.4 is 5.32 Å². The Hall–Kier alpha value is -1.25. The summed E-state index contributed by atoms with van der Waals surface area (Å²) in [5, 5.41) is 4.51. The van der Waals surface area contributed by atoms with Gasteiger partial charge in [0.15, 0.2) is 0 Å². The molecule has 0 saturated carbocycles. The molecular weight excluding hydrogens is 279 g/mol. The van der Waals surface area contributed by atoms with Crippen molar-refractivity contribution in [3.05, 3.63) is 57.3 Å². The average molecular weight is 295 g/mol. The highest BCUT2D eigenvalue weighted by Crippen LogP contribution is 2.33. The van der Waals surface area contributed by atoms with Crippen molar-refractivity contribution < 1.29 is 0 Å². The van der Waals surface area contributed by atoms with Crippen molar-refractivity contribution in [1.29, 1.82) is 0 Å². The summed E-state index contributed by atoms with van der Waals surface area (Å²) in [5.41, 5.74) is 3.66. The van der Waals surface area contributed by atoms with Gasteiger partial charge in [-0.15, -0.1) is 0 Å². The second-order valence-electron chi connectivity index (χ2n) is 4.45. The van der Waals surface area contributed by atoms with Gasteiger partial charge in [0.05, 0.1) is 27.1 Å². The van der Waals surface area contributed by atoms with Gasteiger partial charge in [-0.3, -0.25) is 4.98 Å². The lowest BCUT2D eigenvalue weighted by molar-refractivity contribution is 1.01. The number of pyridine rings is 1. The number of benzene rings is 1. The number of nitrogens with one attached hydrogen (secondary N) is 1. The first-order chi connectivity index (χ1) is 9.09. The van der Waals surface area contributed by atoms with Crippen LogP contribution in [0.25, 0.3) is 0 Å². The number of halogens is 2. The Morgan fingerprint density at radius 1 is 1.00 bits per heavy atom. The largest absolute Gasteiger partial charge is 0.382 e. The Bertz CT molecular complexity index is 542. The number of nitrogens with zero attached hydrogens (tertiary/aromatic N) is 1. The van der Waals surface area contributed by atoms with Crippen molar-refractivity contribution in [1.82, 2.24) is 4.98 Å². The van der Waals surface area contributed by atoms with Crippen molar-refractivity contribution in [3.8, 4) is 0 Å². The zero-order chi connectivity index (χ0) is 13.8. The Morgan fingerprint density at radius 3 is 2.16 bits per heavy atom. The molecular formula is C15H16Cl2N2. The minimum absolute atomic E-state index is 0.601. The SMILES string of the molecule is Cc1nc(C)c(Cl)c(NCCc2ccccc2)c1Cl. The van der Waals surface area contributed by atoms with Crippen LogP contribution in [0.4, 0.5) is 5.69 Å². The second-order valence-corrected chi connectivity index (χ2v) is 5.20. The van der Waals surface area contributed by atoms with E-state index in [1.165, 1.54) is 5.56 Å². The quantitative estimate of drug-likeness (QED) is 0.887. The maximum atomic E-state index is 6.24. The third kappa shape index (κ3) is 3.40. The van der Waals surface area contributed by atoms with Crippen molar-refractivity contribution >= 4 is 28.9 Å². The predicted molar refractivity (Wildman–Crippen MR) is 82.4 cm³/mol. The number of rotatable bonds is 4. The first-order valence-corrected chi connectivity index (χ1v) is 6.95. The number of hydrogen-bond acceptors (Lipinski definition) is 2. The summed E-state index contributed by atoms with van der Waals surface area (Å²) in [6.45, 7) is 4.55. The van der Waals surface area contributed by atoms with E-state index in [9.17, 15) is 0 Å². The van der Waals surface area contributed by atoms with Gasteiger partial charge in [-0.05, 0) is 25.8 Å². The smallest absolute Gasteiger partial charge is 0.0865 e. The minimum atomic E-state index is 0.601. The Balaban J connectivity index is 2.08. The molecule has 1 aromatic heterocycles. The van der Waals surface area contributed by atoms with Gasteiger partial charge >= 0.3 is 0 Å². The van der Waals surface area contributed by atoms with Gasteiger partial charge in [-0.1, -0.05) is 53.5 Å². The highest BCUT2D eigenvalue weighted by atomic mass is 35.5. The molecule has 0 aliphatic rings. The lowest BCUT2D eigenvalue weighted by atomic mass is 10.1. The van der Waals surface area contributed by atoms with Gasteiger partial charge in [0.25, 0.3) is 0 Å². The summed E-state index contributed by atoms with van der Waals surface area (Å²) in [7, 11) is 0. The molecule has 2 rings (SSSR count). The van der Waals surface area contributed by atoms with E-state index in [0.717, 1.165) is 30.0 Å². The summed E-state index contributed by atoms with van der Waals surface area (Å²) in [6.07, 6.45) is 0.925. The summed E-state index contributed by atoms with van der Waals surface area (Å²) < 4.78 is 0. The maximum absolute atomic E-state index is 6.24. The van der Waals surface area contributed by atoms with E-state index >= 15 is 0 Å². The highest BCUT2D eigenvalue weighted by Gasteiger charge is 2.12. The van der Waals surface area contributed by atoms with Crippen LogP contribution in [0.1, 0.15) is 17.0 Å². The fourth-order valence-corrected chi connectivity index (χ4v) is 2.40. The van der Waals surface area contributed by atoms with Crippen molar-refractivity contribution in [2.24, 2.45) is 0 Å². The summed E-state index contributed by atoms with van der Waals surface area (Å²) in [5.74, 6) is 0. The first kappa shape index (κ1) is 14.2. The molecule has 1 heterocycles. The molecule has 2 nitrogen and oxygen atoms in total. The van der Waals surface area contributed by atoms with Crippen LogP contribution in [-0.4, -0.2) is 11.5 Å². The van der Waals surface area contributed by atoms with E-state index in [-0.39, 0.29) is 0 Å². The summed E-state index contributed by atoms with van der Waals surface area (Å²) in [4.78, 5) is 4.30. The zero-order valence-electron chi connectivity index (χ0n) is 11.0. The van der Waals surface area contributed by atoms with Crippen LogP contribution in [-0.2, 0) is 6.42 Å².